The third-order valence-corrected chi connectivity index (χ3v) is 2.90. The Kier molecular flexibility index (Phi) is 3.44. The van der Waals surface area contributed by atoms with Gasteiger partial charge in [-0.05, 0) is 30.7 Å². The molecule has 0 spiro atoms. The number of phenols is 1. The van der Waals surface area contributed by atoms with Gasteiger partial charge in [0, 0.05) is 25.8 Å². The van der Waals surface area contributed by atoms with E-state index in [9.17, 15) is 5.11 Å². The largest absolute Gasteiger partial charge is 0.508 e. The minimum absolute atomic E-state index is 0.241. The Morgan fingerprint density at radius 1 is 1.29 bits per heavy atom. The Balaban J connectivity index is 1.95. The number of aromatic hydroxyl groups is 1. The van der Waals surface area contributed by atoms with E-state index in [2.05, 4.69) is 17.3 Å². The fourth-order valence-electron chi connectivity index (χ4n) is 1.71. The van der Waals surface area contributed by atoms with Gasteiger partial charge in [0.15, 0.2) is 0 Å². The number of nitrogens with one attached hydrogen (secondary N) is 1. The Hall–Kier alpha value is -1.81. The van der Waals surface area contributed by atoms with Crippen molar-refractivity contribution in [3.63, 3.8) is 0 Å². The number of benzene rings is 1. The van der Waals surface area contributed by atoms with Gasteiger partial charge in [0.2, 0.25) is 0 Å². The van der Waals surface area contributed by atoms with Crippen LogP contribution in [0.15, 0.2) is 36.5 Å². The van der Waals surface area contributed by atoms with Gasteiger partial charge in [0.05, 0.1) is 5.69 Å². The molecular formula is C13H17N3O. The molecule has 1 unspecified atom stereocenters. The predicted molar refractivity (Wildman–Crippen MR) is 66.6 cm³/mol. The first-order chi connectivity index (χ1) is 8.16. The van der Waals surface area contributed by atoms with Crippen LogP contribution < -0.4 is 5.32 Å². The second-order valence-corrected chi connectivity index (χ2v) is 4.14. The summed E-state index contributed by atoms with van der Waals surface area (Å²) in [6.07, 6.45) is 1.79. The fourth-order valence-corrected chi connectivity index (χ4v) is 1.71. The van der Waals surface area contributed by atoms with E-state index in [0.717, 1.165) is 17.8 Å². The molecule has 0 aliphatic rings. The molecule has 0 saturated carbocycles. The Labute approximate surface area is 101 Å². The van der Waals surface area contributed by atoms with E-state index >= 15 is 0 Å². The Morgan fingerprint density at radius 2 is 2.00 bits per heavy atom. The zero-order chi connectivity index (χ0) is 12.3. The first kappa shape index (κ1) is 11.7. The van der Waals surface area contributed by atoms with Gasteiger partial charge in [-0.15, -0.1) is 0 Å². The van der Waals surface area contributed by atoms with Gasteiger partial charge in [0.1, 0.15) is 5.75 Å². The normalized spacial score (nSPS) is 12.6. The summed E-state index contributed by atoms with van der Waals surface area (Å²) in [7, 11) is 1.93. The van der Waals surface area contributed by atoms with Crippen LogP contribution in [-0.4, -0.2) is 14.9 Å². The van der Waals surface area contributed by atoms with Gasteiger partial charge in [-0.2, -0.15) is 5.10 Å². The van der Waals surface area contributed by atoms with Crippen molar-refractivity contribution in [3.05, 3.63) is 47.8 Å². The van der Waals surface area contributed by atoms with E-state index in [1.807, 2.05) is 29.9 Å². The maximum absolute atomic E-state index is 9.22. The highest BCUT2D eigenvalue weighted by atomic mass is 16.3. The number of hydrogen-bond donors (Lipinski definition) is 2. The lowest BCUT2D eigenvalue weighted by molar-refractivity contribution is 0.474. The minimum Gasteiger partial charge on any atom is -0.508 e. The molecule has 4 nitrogen and oxygen atoms in total. The number of nitrogens with zero attached hydrogens (tertiary/aromatic N) is 2. The van der Waals surface area contributed by atoms with Gasteiger partial charge in [-0.1, -0.05) is 12.1 Å². The van der Waals surface area contributed by atoms with Crippen molar-refractivity contribution >= 4 is 0 Å². The van der Waals surface area contributed by atoms with Crippen molar-refractivity contribution < 1.29 is 5.11 Å². The number of aromatic nitrogens is 2. The molecule has 0 aliphatic heterocycles. The Morgan fingerprint density at radius 3 is 2.59 bits per heavy atom. The molecule has 1 aromatic heterocycles. The fraction of sp³-hybridized carbons (Fsp3) is 0.308. The van der Waals surface area contributed by atoms with Gasteiger partial charge >= 0.3 is 0 Å². The molecule has 2 N–H and O–H groups in total. The molecule has 1 aromatic carbocycles. The Bertz CT molecular complexity index is 476. The van der Waals surface area contributed by atoms with Crippen LogP contribution in [0.3, 0.4) is 0 Å². The lowest BCUT2D eigenvalue weighted by Crippen LogP contribution is -2.19. The zero-order valence-electron chi connectivity index (χ0n) is 10.1. The van der Waals surface area contributed by atoms with Crippen molar-refractivity contribution in [1.29, 1.82) is 0 Å². The van der Waals surface area contributed by atoms with Crippen molar-refractivity contribution in [1.82, 2.24) is 15.1 Å². The van der Waals surface area contributed by atoms with Crippen molar-refractivity contribution in [2.45, 2.75) is 19.5 Å². The number of aryl methyl sites for hydroxylation is 1. The summed E-state index contributed by atoms with van der Waals surface area (Å²) in [5.74, 6) is 0.299. The highest BCUT2D eigenvalue weighted by Crippen LogP contribution is 2.16. The predicted octanol–water partition coefficient (Wildman–Crippen LogP) is 1.98. The minimum atomic E-state index is 0.241. The van der Waals surface area contributed by atoms with Crippen LogP contribution in [0.2, 0.25) is 0 Å². The zero-order valence-corrected chi connectivity index (χ0v) is 10.1. The summed E-state index contributed by atoms with van der Waals surface area (Å²) in [5.41, 5.74) is 2.31. The molecule has 17 heavy (non-hydrogen) atoms. The van der Waals surface area contributed by atoms with E-state index in [-0.39, 0.29) is 6.04 Å². The molecule has 0 fully saturated rings. The van der Waals surface area contributed by atoms with E-state index in [1.54, 1.807) is 18.3 Å². The molecular weight excluding hydrogens is 214 g/mol. The average molecular weight is 231 g/mol. The van der Waals surface area contributed by atoms with Crippen LogP contribution in [0, 0.1) is 0 Å². The molecule has 2 rings (SSSR count). The summed E-state index contributed by atoms with van der Waals surface area (Å²) in [6, 6.07) is 9.50. The highest BCUT2D eigenvalue weighted by Gasteiger charge is 2.06. The third-order valence-electron chi connectivity index (χ3n) is 2.90. The van der Waals surface area contributed by atoms with Crippen LogP contribution in [0.5, 0.6) is 5.75 Å². The topological polar surface area (TPSA) is 50.1 Å². The van der Waals surface area contributed by atoms with Gasteiger partial charge in [-0.3, -0.25) is 4.68 Å². The summed E-state index contributed by atoms with van der Waals surface area (Å²) in [6.45, 7) is 2.88. The monoisotopic (exact) mass is 231 g/mol. The molecule has 0 radical (unpaired) electrons. The number of rotatable bonds is 4. The molecule has 0 aliphatic carbocycles. The summed E-state index contributed by atoms with van der Waals surface area (Å²) in [4.78, 5) is 0. The molecule has 4 heteroatoms. The highest BCUT2D eigenvalue weighted by molar-refractivity contribution is 5.27. The van der Waals surface area contributed by atoms with Gasteiger partial charge in [-0.25, -0.2) is 0 Å². The van der Waals surface area contributed by atoms with Crippen LogP contribution >= 0.6 is 0 Å². The number of phenolic OH excluding ortho intramolecular Hbond substituents is 1. The first-order valence-corrected chi connectivity index (χ1v) is 5.66. The van der Waals surface area contributed by atoms with Gasteiger partial charge in [0.25, 0.3) is 0 Å². The van der Waals surface area contributed by atoms with Crippen molar-refractivity contribution in [2.75, 3.05) is 0 Å². The third kappa shape index (κ3) is 2.85. The maximum Gasteiger partial charge on any atom is 0.115 e. The van der Waals surface area contributed by atoms with Gasteiger partial charge < -0.3 is 10.4 Å². The molecule has 2 aromatic rings. The van der Waals surface area contributed by atoms with Crippen molar-refractivity contribution in [2.24, 2.45) is 7.05 Å². The lowest BCUT2D eigenvalue weighted by atomic mass is 10.1. The lowest BCUT2D eigenvalue weighted by Gasteiger charge is -2.14. The van der Waals surface area contributed by atoms with Crippen LogP contribution in [-0.2, 0) is 13.6 Å². The van der Waals surface area contributed by atoms with E-state index in [4.69, 9.17) is 0 Å². The SMILES string of the molecule is CC(NCc1ccnn1C)c1ccc(O)cc1. The average Bonchev–Trinajstić information content (AvgIpc) is 2.73. The van der Waals surface area contributed by atoms with Crippen LogP contribution in [0.4, 0.5) is 0 Å². The second-order valence-electron chi connectivity index (χ2n) is 4.14. The summed E-state index contributed by atoms with van der Waals surface area (Å²) in [5, 5.41) is 16.8. The molecule has 90 valence electrons. The van der Waals surface area contributed by atoms with Crippen LogP contribution in [0.25, 0.3) is 0 Å². The van der Waals surface area contributed by atoms with E-state index < -0.39 is 0 Å². The van der Waals surface area contributed by atoms with Crippen molar-refractivity contribution in [3.8, 4) is 5.75 Å². The molecule has 0 saturated heterocycles. The van der Waals surface area contributed by atoms with E-state index in [1.165, 1.54) is 0 Å². The second kappa shape index (κ2) is 5.01. The molecule has 0 amide bonds. The maximum atomic E-state index is 9.22. The smallest absolute Gasteiger partial charge is 0.115 e. The van der Waals surface area contributed by atoms with E-state index in [0.29, 0.717) is 5.75 Å². The standard InChI is InChI=1S/C13H17N3O/c1-10(11-3-5-13(17)6-4-11)14-9-12-7-8-15-16(12)2/h3-8,10,14,17H,9H2,1-2H3. The first-order valence-electron chi connectivity index (χ1n) is 5.66. The summed E-state index contributed by atoms with van der Waals surface area (Å²) >= 11 is 0. The molecule has 0 bridgehead atoms. The molecule has 1 heterocycles. The number of hydrogen-bond acceptors (Lipinski definition) is 3. The van der Waals surface area contributed by atoms with Crippen LogP contribution in [0.1, 0.15) is 24.2 Å². The summed E-state index contributed by atoms with van der Waals surface area (Å²) < 4.78 is 1.86. The quantitative estimate of drug-likeness (QED) is 0.846. The molecule has 1 atom stereocenters.